The average Bonchev–Trinajstić information content (AvgIpc) is 2.93. The van der Waals surface area contributed by atoms with Crippen LogP contribution in [-0.4, -0.2) is 16.8 Å². The van der Waals surface area contributed by atoms with Crippen LogP contribution in [0.25, 0.3) is 0 Å². The van der Waals surface area contributed by atoms with Crippen molar-refractivity contribution in [2.45, 2.75) is 39.5 Å². The van der Waals surface area contributed by atoms with Gasteiger partial charge in [-0.05, 0) is 50.0 Å². The predicted molar refractivity (Wildman–Crippen MR) is 103 cm³/mol. The normalized spacial score (nSPS) is 10.3. The van der Waals surface area contributed by atoms with Crippen LogP contribution < -0.4 is 10.6 Å². The first kappa shape index (κ1) is 18.9. The number of nitrogens with zero attached hydrogens (tertiary/aromatic N) is 1. The van der Waals surface area contributed by atoms with Gasteiger partial charge in [0.1, 0.15) is 5.00 Å². The second-order valence-corrected chi connectivity index (χ2v) is 6.79. The van der Waals surface area contributed by atoms with E-state index >= 15 is 0 Å². The van der Waals surface area contributed by atoms with Gasteiger partial charge in [-0.3, -0.25) is 9.59 Å². The minimum absolute atomic E-state index is 0.0150. The molecule has 1 aromatic carbocycles. The lowest BCUT2D eigenvalue weighted by Gasteiger charge is -2.06. The summed E-state index contributed by atoms with van der Waals surface area (Å²) in [6.45, 7) is 7.45. The van der Waals surface area contributed by atoms with Crippen LogP contribution in [0.2, 0.25) is 0 Å². The van der Waals surface area contributed by atoms with Crippen LogP contribution in [0.15, 0.2) is 36.9 Å². The van der Waals surface area contributed by atoms with Gasteiger partial charge < -0.3 is 10.6 Å². The lowest BCUT2D eigenvalue weighted by Crippen LogP contribution is -2.12. The highest BCUT2D eigenvalue weighted by molar-refractivity contribution is 7.16. The molecule has 2 N–H and O–H groups in total. The number of carbonyl (C=O) groups excluding carboxylic acids is 2. The number of hydrogen-bond donors (Lipinski definition) is 2. The third-order valence-corrected chi connectivity index (χ3v) is 4.74. The highest BCUT2D eigenvalue weighted by Crippen LogP contribution is 2.25. The fourth-order valence-electron chi connectivity index (χ4n) is 2.28. The number of carbonyl (C=O) groups is 2. The van der Waals surface area contributed by atoms with Crippen LogP contribution in [0, 0.1) is 6.92 Å². The molecular formula is C19H23N3O2S. The van der Waals surface area contributed by atoms with Gasteiger partial charge in [0.2, 0.25) is 11.8 Å². The van der Waals surface area contributed by atoms with Crippen LogP contribution in [0.4, 0.5) is 10.7 Å². The van der Waals surface area contributed by atoms with Crippen molar-refractivity contribution in [2.24, 2.45) is 0 Å². The number of nitrogens with one attached hydrogen (secondary N) is 2. The van der Waals surface area contributed by atoms with Crippen LogP contribution >= 0.6 is 11.3 Å². The van der Waals surface area contributed by atoms with Gasteiger partial charge >= 0.3 is 0 Å². The van der Waals surface area contributed by atoms with E-state index in [9.17, 15) is 9.59 Å². The van der Waals surface area contributed by atoms with Crippen LogP contribution in [0.1, 0.15) is 36.0 Å². The minimum atomic E-state index is -0.241. The van der Waals surface area contributed by atoms with Gasteiger partial charge in [0.25, 0.3) is 0 Å². The first-order valence-corrected chi connectivity index (χ1v) is 9.12. The fourth-order valence-corrected chi connectivity index (χ4v) is 3.37. The maximum Gasteiger partial charge on any atom is 0.247 e. The topological polar surface area (TPSA) is 71.1 Å². The van der Waals surface area contributed by atoms with Crippen LogP contribution in [0.3, 0.4) is 0 Å². The number of amides is 2. The van der Waals surface area contributed by atoms with Gasteiger partial charge in [0.05, 0.1) is 10.7 Å². The molecule has 1 heterocycles. The van der Waals surface area contributed by atoms with E-state index in [1.807, 2.05) is 31.2 Å². The molecule has 2 rings (SSSR count). The molecule has 1 aromatic heterocycles. The third kappa shape index (κ3) is 5.83. The smallest absolute Gasteiger partial charge is 0.247 e. The molecule has 0 aliphatic carbocycles. The maximum absolute atomic E-state index is 12.2. The Morgan fingerprint density at radius 2 is 1.92 bits per heavy atom. The quantitative estimate of drug-likeness (QED) is 0.699. The van der Waals surface area contributed by atoms with Gasteiger partial charge in [0.15, 0.2) is 0 Å². The standard InChI is InChI=1S/C19H23N3O2S/c1-4-6-18-20-13(3)19(25-18)22-17(24)12-9-14-7-10-15(11-8-14)21-16(23)5-2/h5,7-8,10-11H,2,4,6,9,12H2,1,3H3,(H,21,23)(H,22,24). The first-order valence-electron chi connectivity index (χ1n) is 8.30. The van der Waals surface area contributed by atoms with E-state index in [0.29, 0.717) is 18.5 Å². The largest absolute Gasteiger partial charge is 0.323 e. The van der Waals surface area contributed by atoms with Crippen molar-refractivity contribution < 1.29 is 9.59 Å². The van der Waals surface area contributed by atoms with Crippen molar-refractivity contribution in [3.05, 3.63) is 53.2 Å². The highest BCUT2D eigenvalue weighted by atomic mass is 32.1. The Hall–Kier alpha value is -2.47. The van der Waals surface area contributed by atoms with Crippen molar-refractivity contribution in [3.63, 3.8) is 0 Å². The van der Waals surface area contributed by atoms with E-state index < -0.39 is 0 Å². The summed E-state index contributed by atoms with van der Waals surface area (Å²) in [6.07, 6.45) is 4.26. The number of rotatable bonds is 8. The Bertz CT molecular complexity index is 751. The second kappa shape index (κ2) is 9.13. The molecule has 0 fully saturated rings. The Balaban J connectivity index is 1.85. The molecule has 2 amide bonds. The molecule has 6 heteroatoms. The van der Waals surface area contributed by atoms with E-state index in [0.717, 1.165) is 34.1 Å². The molecule has 0 radical (unpaired) electrons. The zero-order chi connectivity index (χ0) is 18.2. The lowest BCUT2D eigenvalue weighted by molar-refractivity contribution is -0.116. The molecule has 0 bridgehead atoms. The maximum atomic E-state index is 12.2. The van der Waals surface area contributed by atoms with Crippen molar-refractivity contribution >= 4 is 33.8 Å². The molecule has 0 spiro atoms. The van der Waals surface area contributed by atoms with Gasteiger partial charge in [-0.2, -0.15) is 0 Å². The molecule has 0 saturated carbocycles. The summed E-state index contributed by atoms with van der Waals surface area (Å²) in [5.74, 6) is -0.256. The van der Waals surface area contributed by atoms with E-state index in [-0.39, 0.29) is 11.8 Å². The van der Waals surface area contributed by atoms with E-state index in [1.54, 1.807) is 11.3 Å². The van der Waals surface area contributed by atoms with Crippen molar-refractivity contribution in [3.8, 4) is 0 Å². The number of aryl methyl sites for hydroxylation is 3. The predicted octanol–water partition coefficient (Wildman–Crippen LogP) is 4.10. The summed E-state index contributed by atoms with van der Waals surface area (Å²) in [6, 6.07) is 7.45. The van der Waals surface area contributed by atoms with Crippen molar-refractivity contribution in [1.82, 2.24) is 4.98 Å². The number of hydrogen-bond acceptors (Lipinski definition) is 4. The zero-order valence-electron chi connectivity index (χ0n) is 14.6. The number of thiazole rings is 1. The van der Waals surface area contributed by atoms with Crippen molar-refractivity contribution in [2.75, 3.05) is 10.6 Å². The zero-order valence-corrected chi connectivity index (χ0v) is 15.4. The number of anilines is 2. The van der Waals surface area contributed by atoms with Gasteiger partial charge in [-0.25, -0.2) is 4.98 Å². The molecule has 5 nitrogen and oxygen atoms in total. The van der Waals surface area contributed by atoms with E-state index in [1.165, 1.54) is 6.08 Å². The molecule has 0 aliphatic rings. The summed E-state index contributed by atoms with van der Waals surface area (Å²) in [7, 11) is 0. The second-order valence-electron chi connectivity index (χ2n) is 5.71. The summed E-state index contributed by atoms with van der Waals surface area (Å²) in [4.78, 5) is 27.9. The molecule has 2 aromatic rings. The molecule has 0 saturated heterocycles. The minimum Gasteiger partial charge on any atom is -0.323 e. The molecule has 0 aliphatic heterocycles. The fraction of sp³-hybridized carbons (Fsp3) is 0.316. The Morgan fingerprint density at radius 1 is 1.20 bits per heavy atom. The summed E-state index contributed by atoms with van der Waals surface area (Å²) < 4.78 is 0. The van der Waals surface area contributed by atoms with Crippen LogP contribution in [-0.2, 0) is 22.4 Å². The Morgan fingerprint density at radius 3 is 2.56 bits per heavy atom. The Kier molecular flexibility index (Phi) is 6.89. The molecule has 25 heavy (non-hydrogen) atoms. The number of benzene rings is 1. The van der Waals surface area contributed by atoms with E-state index in [4.69, 9.17) is 0 Å². The first-order chi connectivity index (χ1) is 12.0. The highest BCUT2D eigenvalue weighted by Gasteiger charge is 2.10. The Labute approximate surface area is 152 Å². The SMILES string of the molecule is C=CC(=O)Nc1ccc(CCC(=O)Nc2sc(CCC)nc2C)cc1. The average molecular weight is 357 g/mol. The molecule has 132 valence electrons. The summed E-state index contributed by atoms with van der Waals surface area (Å²) in [5, 5.41) is 7.55. The molecule has 0 unspecified atom stereocenters. The summed E-state index contributed by atoms with van der Waals surface area (Å²) >= 11 is 1.55. The third-order valence-electron chi connectivity index (χ3n) is 3.61. The van der Waals surface area contributed by atoms with Gasteiger partial charge in [-0.1, -0.05) is 25.6 Å². The monoisotopic (exact) mass is 357 g/mol. The van der Waals surface area contributed by atoms with Gasteiger partial charge in [0, 0.05) is 12.1 Å². The van der Waals surface area contributed by atoms with Gasteiger partial charge in [-0.15, -0.1) is 11.3 Å². The number of aromatic nitrogens is 1. The lowest BCUT2D eigenvalue weighted by atomic mass is 10.1. The summed E-state index contributed by atoms with van der Waals surface area (Å²) in [5.41, 5.74) is 2.63. The van der Waals surface area contributed by atoms with E-state index in [2.05, 4.69) is 29.1 Å². The van der Waals surface area contributed by atoms with Crippen molar-refractivity contribution in [1.29, 1.82) is 0 Å². The van der Waals surface area contributed by atoms with Crippen LogP contribution in [0.5, 0.6) is 0 Å². The molecule has 0 atom stereocenters. The molecular weight excluding hydrogens is 334 g/mol.